The SMILES string of the molecule is Cc1ccc(NC(C)C(C)(C)O)c(C)c1. The maximum Gasteiger partial charge on any atom is 0.0789 e. The molecule has 0 bridgehead atoms. The van der Waals surface area contributed by atoms with Gasteiger partial charge in [-0.1, -0.05) is 17.7 Å². The van der Waals surface area contributed by atoms with E-state index in [2.05, 4.69) is 37.4 Å². The first-order valence-electron chi connectivity index (χ1n) is 5.37. The first kappa shape index (κ1) is 12.1. The summed E-state index contributed by atoms with van der Waals surface area (Å²) in [7, 11) is 0. The molecule has 2 heteroatoms. The van der Waals surface area contributed by atoms with Crippen molar-refractivity contribution in [3.05, 3.63) is 29.3 Å². The Morgan fingerprint density at radius 2 is 1.87 bits per heavy atom. The van der Waals surface area contributed by atoms with Gasteiger partial charge in [-0.15, -0.1) is 0 Å². The molecule has 0 spiro atoms. The standard InChI is InChI=1S/C13H21NO/c1-9-6-7-12(10(2)8-9)14-11(3)13(4,5)15/h6-8,11,14-15H,1-5H3. The van der Waals surface area contributed by atoms with Crippen LogP contribution in [0.2, 0.25) is 0 Å². The Bertz CT molecular complexity index is 339. The fraction of sp³-hybridized carbons (Fsp3) is 0.538. The van der Waals surface area contributed by atoms with Crippen molar-refractivity contribution < 1.29 is 5.11 Å². The Labute approximate surface area is 92.3 Å². The van der Waals surface area contributed by atoms with E-state index in [1.165, 1.54) is 11.1 Å². The van der Waals surface area contributed by atoms with Crippen molar-refractivity contribution in [1.29, 1.82) is 0 Å². The highest BCUT2D eigenvalue weighted by Crippen LogP contribution is 2.20. The Balaban J connectivity index is 2.82. The molecule has 0 aliphatic carbocycles. The molecular formula is C13H21NO. The highest BCUT2D eigenvalue weighted by Gasteiger charge is 2.22. The predicted octanol–water partition coefficient (Wildman–Crippen LogP) is 2.87. The molecule has 0 saturated carbocycles. The topological polar surface area (TPSA) is 32.3 Å². The molecule has 0 fully saturated rings. The molecule has 0 aliphatic heterocycles. The minimum atomic E-state index is -0.711. The van der Waals surface area contributed by atoms with Crippen LogP contribution in [0.3, 0.4) is 0 Å². The molecule has 0 heterocycles. The molecule has 1 rings (SSSR count). The second-order valence-corrected chi connectivity index (χ2v) is 4.84. The van der Waals surface area contributed by atoms with Crippen LogP contribution in [0.15, 0.2) is 18.2 Å². The van der Waals surface area contributed by atoms with Gasteiger partial charge >= 0.3 is 0 Å². The van der Waals surface area contributed by atoms with E-state index < -0.39 is 5.60 Å². The van der Waals surface area contributed by atoms with E-state index in [0.29, 0.717) is 0 Å². The highest BCUT2D eigenvalue weighted by molar-refractivity contribution is 5.52. The number of hydrogen-bond acceptors (Lipinski definition) is 2. The summed E-state index contributed by atoms with van der Waals surface area (Å²) < 4.78 is 0. The lowest BCUT2D eigenvalue weighted by Gasteiger charge is -2.28. The van der Waals surface area contributed by atoms with Gasteiger partial charge in [0.1, 0.15) is 0 Å². The van der Waals surface area contributed by atoms with Crippen LogP contribution >= 0.6 is 0 Å². The van der Waals surface area contributed by atoms with Crippen molar-refractivity contribution in [2.24, 2.45) is 0 Å². The van der Waals surface area contributed by atoms with Gasteiger partial charge in [-0.2, -0.15) is 0 Å². The van der Waals surface area contributed by atoms with Crippen LogP contribution in [-0.4, -0.2) is 16.7 Å². The van der Waals surface area contributed by atoms with Crippen molar-refractivity contribution in [1.82, 2.24) is 0 Å². The fourth-order valence-corrected chi connectivity index (χ4v) is 1.39. The van der Waals surface area contributed by atoms with Crippen molar-refractivity contribution in [2.45, 2.75) is 46.3 Å². The van der Waals surface area contributed by atoms with Gasteiger partial charge in [0.05, 0.1) is 11.6 Å². The van der Waals surface area contributed by atoms with Crippen LogP contribution in [0.4, 0.5) is 5.69 Å². The Morgan fingerprint density at radius 3 is 2.33 bits per heavy atom. The number of aryl methyl sites for hydroxylation is 2. The minimum absolute atomic E-state index is 0.0268. The molecule has 84 valence electrons. The molecule has 0 aliphatic rings. The zero-order valence-electron chi connectivity index (χ0n) is 10.3. The molecule has 15 heavy (non-hydrogen) atoms. The maximum absolute atomic E-state index is 9.83. The van der Waals surface area contributed by atoms with Crippen LogP contribution < -0.4 is 5.32 Å². The van der Waals surface area contributed by atoms with E-state index in [4.69, 9.17) is 0 Å². The van der Waals surface area contributed by atoms with E-state index in [9.17, 15) is 5.11 Å². The van der Waals surface area contributed by atoms with Crippen molar-refractivity contribution in [2.75, 3.05) is 5.32 Å². The molecule has 2 nitrogen and oxygen atoms in total. The van der Waals surface area contributed by atoms with Gasteiger partial charge in [0, 0.05) is 5.69 Å². The monoisotopic (exact) mass is 207 g/mol. The van der Waals surface area contributed by atoms with Gasteiger partial charge in [0.25, 0.3) is 0 Å². The van der Waals surface area contributed by atoms with Gasteiger partial charge < -0.3 is 10.4 Å². The predicted molar refractivity (Wildman–Crippen MR) is 65.3 cm³/mol. The summed E-state index contributed by atoms with van der Waals surface area (Å²) >= 11 is 0. The molecule has 0 radical (unpaired) electrons. The van der Waals surface area contributed by atoms with Crippen LogP contribution in [0.5, 0.6) is 0 Å². The van der Waals surface area contributed by atoms with Gasteiger partial charge in [-0.3, -0.25) is 0 Å². The molecule has 0 aromatic heterocycles. The van der Waals surface area contributed by atoms with Crippen molar-refractivity contribution in [3.63, 3.8) is 0 Å². The number of benzene rings is 1. The highest BCUT2D eigenvalue weighted by atomic mass is 16.3. The van der Waals surface area contributed by atoms with Crippen LogP contribution in [-0.2, 0) is 0 Å². The summed E-state index contributed by atoms with van der Waals surface area (Å²) in [5, 5.41) is 13.2. The molecule has 1 aromatic rings. The van der Waals surface area contributed by atoms with E-state index in [-0.39, 0.29) is 6.04 Å². The smallest absolute Gasteiger partial charge is 0.0789 e. The normalized spacial score (nSPS) is 13.7. The lowest BCUT2D eigenvalue weighted by atomic mass is 10.00. The number of aliphatic hydroxyl groups is 1. The summed E-state index contributed by atoms with van der Waals surface area (Å²) in [6.45, 7) is 9.77. The number of hydrogen-bond donors (Lipinski definition) is 2. The van der Waals surface area contributed by atoms with Gasteiger partial charge in [-0.05, 0) is 46.2 Å². The summed E-state index contributed by atoms with van der Waals surface area (Å²) in [6, 6.07) is 6.30. The van der Waals surface area contributed by atoms with Gasteiger partial charge in [0.15, 0.2) is 0 Å². The average Bonchev–Trinajstić information content (AvgIpc) is 2.08. The summed E-state index contributed by atoms with van der Waals surface area (Å²) in [5.74, 6) is 0. The second-order valence-electron chi connectivity index (χ2n) is 4.84. The van der Waals surface area contributed by atoms with E-state index in [0.717, 1.165) is 5.69 Å². The number of nitrogens with one attached hydrogen (secondary N) is 1. The van der Waals surface area contributed by atoms with Crippen LogP contribution in [0.25, 0.3) is 0 Å². The van der Waals surface area contributed by atoms with Crippen molar-refractivity contribution in [3.8, 4) is 0 Å². The van der Waals surface area contributed by atoms with Gasteiger partial charge in [0.2, 0.25) is 0 Å². The van der Waals surface area contributed by atoms with E-state index in [1.807, 2.05) is 20.8 Å². The molecule has 1 aromatic carbocycles. The molecule has 2 N–H and O–H groups in total. The molecule has 1 atom stereocenters. The lowest BCUT2D eigenvalue weighted by molar-refractivity contribution is 0.0649. The third-order valence-corrected chi connectivity index (χ3v) is 2.81. The van der Waals surface area contributed by atoms with Crippen LogP contribution in [0, 0.1) is 13.8 Å². The summed E-state index contributed by atoms with van der Waals surface area (Å²) in [4.78, 5) is 0. The third kappa shape index (κ3) is 3.24. The fourth-order valence-electron chi connectivity index (χ4n) is 1.39. The number of anilines is 1. The summed E-state index contributed by atoms with van der Waals surface area (Å²) in [5.41, 5.74) is 2.85. The Hall–Kier alpha value is -1.02. The summed E-state index contributed by atoms with van der Waals surface area (Å²) in [6.07, 6.45) is 0. The molecule has 1 unspecified atom stereocenters. The first-order chi connectivity index (χ1) is 6.80. The zero-order valence-corrected chi connectivity index (χ0v) is 10.3. The maximum atomic E-state index is 9.83. The molecule has 0 amide bonds. The molecule has 0 saturated heterocycles. The molecular weight excluding hydrogens is 186 g/mol. The largest absolute Gasteiger partial charge is 0.388 e. The average molecular weight is 207 g/mol. The Kier molecular flexibility index (Phi) is 3.40. The second kappa shape index (κ2) is 4.23. The van der Waals surface area contributed by atoms with E-state index in [1.54, 1.807) is 0 Å². The van der Waals surface area contributed by atoms with Crippen molar-refractivity contribution >= 4 is 5.69 Å². The van der Waals surface area contributed by atoms with E-state index >= 15 is 0 Å². The van der Waals surface area contributed by atoms with Gasteiger partial charge in [-0.25, -0.2) is 0 Å². The Morgan fingerprint density at radius 1 is 1.27 bits per heavy atom. The minimum Gasteiger partial charge on any atom is -0.388 e. The quantitative estimate of drug-likeness (QED) is 0.798. The van der Waals surface area contributed by atoms with Crippen LogP contribution in [0.1, 0.15) is 31.9 Å². The lowest BCUT2D eigenvalue weighted by Crippen LogP contribution is -2.39. The first-order valence-corrected chi connectivity index (χ1v) is 5.37. The number of rotatable bonds is 3. The zero-order chi connectivity index (χ0) is 11.6. The third-order valence-electron chi connectivity index (χ3n) is 2.81.